The van der Waals surface area contributed by atoms with Crippen molar-refractivity contribution in [3.8, 4) is 0 Å². The third-order valence-electron chi connectivity index (χ3n) is 6.29. The largest absolute Gasteiger partial charge is 0.288 e. The molecule has 0 heterocycles. The van der Waals surface area contributed by atoms with Crippen molar-refractivity contribution in [1.29, 1.82) is 0 Å². The second kappa shape index (κ2) is 14.5. The molecule has 0 saturated heterocycles. The van der Waals surface area contributed by atoms with E-state index >= 15 is 0 Å². The van der Waals surface area contributed by atoms with Crippen molar-refractivity contribution in [3.05, 3.63) is 144 Å². The topological polar surface area (TPSA) is 31.2 Å². The Labute approximate surface area is 228 Å². The summed E-state index contributed by atoms with van der Waals surface area (Å²) in [5.74, 6) is 0. The predicted octanol–water partition coefficient (Wildman–Crippen LogP) is 7.92. The molecular weight excluding hydrogens is 464 g/mol. The molecule has 194 valence electrons. The lowest BCUT2D eigenvalue weighted by Gasteiger charge is -2.23. The number of rotatable bonds is 13. The summed E-state index contributed by atoms with van der Waals surface area (Å²) < 4.78 is 0. The highest BCUT2D eigenvalue weighted by Gasteiger charge is 2.12. The molecule has 0 atom stereocenters. The summed E-state index contributed by atoms with van der Waals surface area (Å²) in [6.07, 6.45) is 1.88. The number of hydrazone groups is 2. The summed E-state index contributed by atoms with van der Waals surface area (Å²) in [4.78, 5) is 0. The second-order valence-corrected chi connectivity index (χ2v) is 9.57. The fourth-order valence-corrected chi connectivity index (χ4v) is 4.41. The summed E-state index contributed by atoms with van der Waals surface area (Å²) >= 11 is 0. The third-order valence-corrected chi connectivity index (χ3v) is 6.29. The Morgan fingerprint density at radius 1 is 0.500 bits per heavy atom. The minimum absolute atomic E-state index is 0.740. The average Bonchev–Trinajstić information content (AvgIpc) is 2.95. The molecule has 0 amide bonds. The van der Waals surface area contributed by atoms with E-state index in [1.54, 1.807) is 0 Å². The number of nitrogens with zero attached hydrogens (tertiary/aromatic N) is 4. The van der Waals surface area contributed by atoms with Crippen molar-refractivity contribution in [1.82, 2.24) is 10.0 Å². The van der Waals surface area contributed by atoms with E-state index in [2.05, 4.69) is 145 Å². The lowest BCUT2D eigenvalue weighted by Crippen LogP contribution is -2.25. The van der Waals surface area contributed by atoms with E-state index in [4.69, 9.17) is 10.2 Å². The highest BCUT2D eigenvalue weighted by atomic mass is 15.5. The second-order valence-electron chi connectivity index (χ2n) is 9.57. The highest BCUT2D eigenvalue weighted by Crippen LogP contribution is 2.14. The van der Waals surface area contributed by atoms with Gasteiger partial charge in [-0.05, 0) is 35.6 Å². The van der Waals surface area contributed by atoms with E-state index in [1.165, 1.54) is 22.3 Å². The van der Waals surface area contributed by atoms with Gasteiger partial charge in [-0.2, -0.15) is 10.2 Å². The van der Waals surface area contributed by atoms with Crippen molar-refractivity contribution in [3.63, 3.8) is 0 Å². The normalized spacial score (nSPS) is 11.8. The first-order valence-corrected chi connectivity index (χ1v) is 13.5. The lowest BCUT2D eigenvalue weighted by atomic mass is 10.1. The van der Waals surface area contributed by atoms with Crippen LogP contribution in [0, 0.1) is 0 Å². The number of benzene rings is 4. The maximum Gasteiger partial charge on any atom is 0.0834 e. The zero-order valence-corrected chi connectivity index (χ0v) is 22.6. The molecule has 4 rings (SSSR count). The number of hydrogen-bond acceptors (Lipinski definition) is 4. The summed E-state index contributed by atoms with van der Waals surface area (Å²) in [5.41, 5.74) is 6.96. The van der Waals surface area contributed by atoms with Gasteiger partial charge in [0.25, 0.3) is 0 Å². The van der Waals surface area contributed by atoms with Gasteiger partial charge in [0.1, 0.15) is 0 Å². The molecule has 38 heavy (non-hydrogen) atoms. The van der Waals surface area contributed by atoms with Gasteiger partial charge in [-0.3, -0.25) is 10.0 Å². The molecule has 0 aliphatic rings. The van der Waals surface area contributed by atoms with Crippen LogP contribution in [0.3, 0.4) is 0 Å². The van der Waals surface area contributed by atoms with Crippen molar-refractivity contribution in [2.45, 2.75) is 52.9 Å². The van der Waals surface area contributed by atoms with Gasteiger partial charge in [0, 0.05) is 0 Å². The summed E-state index contributed by atoms with van der Waals surface area (Å²) in [6, 6.07) is 42.2. The van der Waals surface area contributed by atoms with Gasteiger partial charge in [-0.25, -0.2) is 0 Å². The molecule has 0 aliphatic carbocycles. The van der Waals surface area contributed by atoms with Crippen molar-refractivity contribution >= 4 is 11.4 Å². The van der Waals surface area contributed by atoms with Crippen LogP contribution in [0.1, 0.15) is 48.9 Å². The number of hydrogen-bond donors (Lipinski definition) is 0. The fourth-order valence-electron chi connectivity index (χ4n) is 4.41. The predicted molar refractivity (Wildman–Crippen MR) is 160 cm³/mol. The van der Waals surface area contributed by atoms with E-state index in [1.807, 2.05) is 0 Å². The van der Waals surface area contributed by atoms with Crippen LogP contribution >= 0.6 is 0 Å². The molecule has 0 N–H and O–H groups in total. The standard InChI is InChI=1S/C34H38N4/c1-3-16-34(36-38(27-32-21-12-6-13-22-32)28-33-23-14-7-15-24-33)29(2)35-37(25-30-17-8-4-9-18-30)26-31-19-10-5-11-20-31/h4-15,17-24H,3,16,25-28H2,1-2H3. The Bertz CT molecular complexity index is 1190. The molecule has 0 spiro atoms. The van der Waals surface area contributed by atoms with Crippen molar-refractivity contribution in [2.24, 2.45) is 10.2 Å². The van der Waals surface area contributed by atoms with E-state index in [-0.39, 0.29) is 0 Å². The lowest BCUT2D eigenvalue weighted by molar-refractivity contribution is 0.267. The van der Waals surface area contributed by atoms with Crippen molar-refractivity contribution in [2.75, 3.05) is 0 Å². The molecule has 0 unspecified atom stereocenters. The average molecular weight is 503 g/mol. The highest BCUT2D eigenvalue weighted by molar-refractivity contribution is 6.41. The summed E-state index contributed by atoms with van der Waals surface area (Å²) in [5, 5.41) is 14.7. The molecule has 4 nitrogen and oxygen atoms in total. The molecule has 0 radical (unpaired) electrons. The summed E-state index contributed by atoms with van der Waals surface area (Å²) in [6.45, 7) is 7.27. The zero-order chi connectivity index (χ0) is 26.4. The molecule has 0 aliphatic heterocycles. The summed E-state index contributed by atoms with van der Waals surface area (Å²) in [7, 11) is 0. The molecular formula is C34H38N4. The van der Waals surface area contributed by atoms with Crippen LogP contribution in [0.15, 0.2) is 132 Å². The first kappa shape index (κ1) is 26.9. The molecule has 0 saturated carbocycles. The molecule has 4 aromatic rings. The van der Waals surface area contributed by atoms with Crippen molar-refractivity contribution < 1.29 is 0 Å². The van der Waals surface area contributed by atoms with Gasteiger partial charge in [0.15, 0.2) is 0 Å². The monoisotopic (exact) mass is 502 g/mol. The van der Waals surface area contributed by atoms with Gasteiger partial charge < -0.3 is 0 Å². The molecule has 0 fully saturated rings. The van der Waals surface area contributed by atoms with E-state index in [0.29, 0.717) is 0 Å². The third kappa shape index (κ3) is 8.74. The minimum Gasteiger partial charge on any atom is -0.288 e. The van der Waals surface area contributed by atoms with Crippen LogP contribution in [-0.4, -0.2) is 21.4 Å². The van der Waals surface area contributed by atoms with Crippen LogP contribution in [0.5, 0.6) is 0 Å². The molecule has 4 heteroatoms. The molecule has 0 aromatic heterocycles. The van der Waals surface area contributed by atoms with E-state index in [0.717, 1.165) is 50.4 Å². The smallest absolute Gasteiger partial charge is 0.0834 e. The molecule has 4 aromatic carbocycles. The van der Waals surface area contributed by atoms with Gasteiger partial charge in [0.2, 0.25) is 0 Å². The van der Waals surface area contributed by atoms with Crippen LogP contribution in [0.25, 0.3) is 0 Å². The zero-order valence-electron chi connectivity index (χ0n) is 22.6. The van der Waals surface area contributed by atoms with Crippen LogP contribution in [0.4, 0.5) is 0 Å². The van der Waals surface area contributed by atoms with E-state index in [9.17, 15) is 0 Å². The Morgan fingerprint density at radius 3 is 1.13 bits per heavy atom. The quantitative estimate of drug-likeness (QED) is 0.137. The SMILES string of the molecule is CCCC(=NN(Cc1ccccc1)Cc1ccccc1)C(C)=NN(Cc1ccccc1)Cc1ccccc1. The molecule has 0 bridgehead atoms. The van der Waals surface area contributed by atoms with Crippen LogP contribution in [-0.2, 0) is 26.2 Å². The maximum absolute atomic E-state index is 5.22. The Hall–Kier alpha value is -4.18. The van der Waals surface area contributed by atoms with Gasteiger partial charge in [-0.1, -0.05) is 135 Å². The minimum atomic E-state index is 0.740. The Kier molecular flexibility index (Phi) is 10.3. The van der Waals surface area contributed by atoms with Crippen LogP contribution in [0.2, 0.25) is 0 Å². The Morgan fingerprint density at radius 2 is 0.816 bits per heavy atom. The Balaban J connectivity index is 1.63. The fraction of sp³-hybridized carbons (Fsp3) is 0.235. The van der Waals surface area contributed by atoms with Crippen LogP contribution < -0.4 is 0 Å². The van der Waals surface area contributed by atoms with Gasteiger partial charge in [-0.15, -0.1) is 0 Å². The maximum atomic E-state index is 5.22. The van der Waals surface area contributed by atoms with Gasteiger partial charge in [0.05, 0.1) is 37.6 Å². The first-order valence-electron chi connectivity index (χ1n) is 13.5. The van der Waals surface area contributed by atoms with Gasteiger partial charge >= 0.3 is 0 Å². The van der Waals surface area contributed by atoms with E-state index < -0.39 is 0 Å². The first-order chi connectivity index (χ1) is 18.7.